The Balaban J connectivity index is 1.57. The van der Waals surface area contributed by atoms with Gasteiger partial charge in [0.25, 0.3) is 0 Å². The molecule has 0 aliphatic heterocycles. The maximum absolute atomic E-state index is 9.66. The lowest BCUT2D eigenvalue weighted by atomic mass is 10.4. The van der Waals surface area contributed by atoms with Gasteiger partial charge in [0, 0.05) is 15.8 Å². The van der Waals surface area contributed by atoms with Gasteiger partial charge in [0.1, 0.15) is 0 Å². The Bertz CT molecular complexity index is 918. The Hall–Kier alpha value is -2.07. The van der Waals surface area contributed by atoms with Crippen LogP contribution in [0, 0.1) is 22.1 Å². The summed E-state index contributed by atoms with van der Waals surface area (Å²) < 4.78 is 0. The van der Waals surface area contributed by atoms with E-state index in [4.69, 9.17) is 0 Å². The number of hydrogen-bond donors (Lipinski definition) is 0. The molecule has 2 nitrogen and oxygen atoms in total. The van der Waals surface area contributed by atoms with Crippen molar-refractivity contribution in [3.8, 4) is 11.6 Å². The predicted molar refractivity (Wildman–Crippen MR) is 139 cm³/mol. The first-order valence-electron chi connectivity index (χ1n) is 10.6. The highest BCUT2D eigenvalue weighted by Crippen LogP contribution is 2.41. The maximum Gasteiger partial charge on any atom is 0.0920 e. The molecule has 0 saturated carbocycles. The van der Waals surface area contributed by atoms with Crippen molar-refractivity contribution in [3.63, 3.8) is 0 Å². The van der Waals surface area contributed by atoms with E-state index in [0.717, 1.165) is 37.5 Å². The van der Waals surface area contributed by atoms with Crippen molar-refractivity contribution in [1.82, 2.24) is 0 Å². The standard InChI is InChI=1S/C26H27N2P3/c27-22-30(25-14-6-2-7-15-25)20-10-18-29(24-12-4-1-5-13-24)19-11-21-31(23-28)26-16-8-3-9-17-26/h1-9,12-17H,10-11,18-21H2. The van der Waals surface area contributed by atoms with Crippen LogP contribution in [0.4, 0.5) is 0 Å². The lowest BCUT2D eigenvalue weighted by molar-refractivity contribution is 1.07. The quantitative estimate of drug-likeness (QED) is 0.322. The number of benzene rings is 3. The summed E-state index contributed by atoms with van der Waals surface area (Å²) in [6.07, 6.45) is 6.42. The van der Waals surface area contributed by atoms with E-state index in [1.807, 2.05) is 36.4 Å². The molecule has 0 heterocycles. The minimum atomic E-state index is -0.733. The molecular weight excluding hydrogens is 433 g/mol. The fourth-order valence-electron chi connectivity index (χ4n) is 3.54. The highest BCUT2D eigenvalue weighted by Gasteiger charge is 2.16. The van der Waals surface area contributed by atoms with Gasteiger partial charge in [0.15, 0.2) is 0 Å². The average molecular weight is 460 g/mol. The number of rotatable bonds is 11. The summed E-state index contributed by atoms with van der Waals surface area (Å²) in [6, 6.07) is 31.3. The molecule has 2 unspecified atom stereocenters. The SMILES string of the molecule is N#CP(CCCP(CCCP(C#N)c1ccccc1)c1ccccc1)c1ccccc1. The van der Waals surface area contributed by atoms with E-state index in [1.165, 1.54) is 15.9 Å². The van der Waals surface area contributed by atoms with Crippen LogP contribution >= 0.6 is 23.8 Å². The molecule has 0 aromatic heterocycles. The minimum absolute atomic E-state index is 0.263. The van der Waals surface area contributed by atoms with Crippen molar-refractivity contribution < 1.29 is 0 Å². The predicted octanol–water partition coefficient (Wildman–Crippen LogP) is 6.15. The van der Waals surface area contributed by atoms with Gasteiger partial charge in [-0.3, -0.25) is 0 Å². The molecule has 0 spiro atoms. The summed E-state index contributed by atoms with van der Waals surface area (Å²) in [7, 11) is -1.73. The van der Waals surface area contributed by atoms with Gasteiger partial charge in [0.05, 0.1) is 11.6 Å². The van der Waals surface area contributed by atoms with Crippen molar-refractivity contribution >= 4 is 39.7 Å². The van der Waals surface area contributed by atoms with Crippen LogP contribution in [0.5, 0.6) is 0 Å². The fraction of sp³-hybridized carbons (Fsp3) is 0.231. The molecule has 0 N–H and O–H groups in total. The van der Waals surface area contributed by atoms with Crippen molar-refractivity contribution in [2.24, 2.45) is 0 Å². The van der Waals surface area contributed by atoms with Crippen LogP contribution in [0.1, 0.15) is 12.8 Å². The zero-order chi connectivity index (χ0) is 21.7. The second-order valence-electron chi connectivity index (χ2n) is 7.20. The summed E-state index contributed by atoms with van der Waals surface area (Å²) in [5, 5.41) is 23.1. The molecule has 3 rings (SSSR count). The van der Waals surface area contributed by atoms with E-state index in [-0.39, 0.29) is 7.92 Å². The zero-order valence-electron chi connectivity index (χ0n) is 17.6. The molecule has 3 aromatic carbocycles. The molecule has 0 aliphatic rings. The van der Waals surface area contributed by atoms with Gasteiger partial charge in [-0.05, 0) is 53.4 Å². The summed E-state index contributed by atoms with van der Waals surface area (Å²) in [4.78, 5) is 0. The van der Waals surface area contributed by atoms with Gasteiger partial charge in [-0.25, -0.2) is 0 Å². The third-order valence-electron chi connectivity index (χ3n) is 5.12. The molecule has 156 valence electrons. The van der Waals surface area contributed by atoms with E-state index in [1.54, 1.807) is 0 Å². The van der Waals surface area contributed by atoms with E-state index in [9.17, 15) is 10.5 Å². The Morgan fingerprint density at radius 2 is 0.839 bits per heavy atom. The Morgan fingerprint density at radius 1 is 0.484 bits per heavy atom. The van der Waals surface area contributed by atoms with Crippen molar-refractivity contribution in [1.29, 1.82) is 10.5 Å². The van der Waals surface area contributed by atoms with Crippen LogP contribution in [-0.2, 0) is 0 Å². The van der Waals surface area contributed by atoms with E-state index in [0.29, 0.717) is 0 Å². The van der Waals surface area contributed by atoms with Crippen LogP contribution < -0.4 is 15.9 Å². The van der Waals surface area contributed by atoms with Gasteiger partial charge >= 0.3 is 0 Å². The summed E-state index contributed by atoms with van der Waals surface area (Å²) in [6.45, 7) is 0. The number of nitriles is 2. The summed E-state index contributed by atoms with van der Waals surface area (Å²) in [5.74, 6) is 5.11. The minimum Gasteiger partial charge on any atom is -0.193 e. The molecule has 31 heavy (non-hydrogen) atoms. The molecule has 0 saturated heterocycles. The number of nitrogens with zero attached hydrogens (tertiary/aromatic N) is 2. The first-order valence-corrected chi connectivity index (χ1v) is 15.3. The van der Waals surface area contributed by atoms with Crippen molar-refractivity contribution in [3.05, 3.63) is 91.0 Å². The molecule has 3 aromatic rings. The number of hydrogen-bond acceptors (Lipinski definition) is 2. The molecule has 0 bridgehead atoms. The summed E-state index contributed by atoms with van der Waals surface area (Å²) >= 11 is 0. The Labute approximate surface area is 190 Å². The highest BCUT2D eigenvalue weighted by molar-refractivity contribution is 7.71. The van der Waals surface area contributed by atoms with Crippen LogP contribution in [0.3, 0.4) is 0 Å². The van der Waals surface area contributed by atoms with Gasteiger partial charge in [-0.1, -0.05) is 98.9 Å². The lowest BCUT2D eigenvalue weighted by Gasteiger charge is -2.20. The molecule has 0 fully saturated rings. The van der Waals surface area contributed by atoms with E-state index in [2.05, 4.69) is 66.2 Å². The van der Waals surface area contributed by atoms with Crippen LogP contribution in [0.2, 0.25) is 0 Å². The van der Waals surface area contributed by atoms with Gasteiger partial charge in [-0.15, -0.1) is 0 Å². The van der Waals surface area contributed by atoms with Crippen molar-refractivity contribution in [2.45, 2.75) is 12.8 Å². The summed E-state index contributed by atoms with van der Waals surface area (Å²) in [5.41, 5.74) is 0. The first kappa shape index (κ1) is 23.6. The van der Waals surface area contributed by atoms with Gasteiger partial charge in [-0.2, -0.15) is 10.5 Å². The third-order valence-corrected chi connectivity index (χ3v) is 11.7. The molecular formula is C26H27N2P3. The van der Waals surface area contributed by atoms with E-state index >= 15 is 0 Å². The Kier molecular flexibility index (Phi) is 10.2. The molecule has 0 amide bonds. The normalized spacial score (nSPS) is 13.5. The zero-order valence-corrected chi connectivity index (χ0v) is 20.3. The van der Waals surface area contributed by atoms with E-state index < -0.39 is 15.8 Å². The third kappa shape index (κ3) is 7.53. The molecule has 5 heteroatoms. The van der Waals surface area contributed by atoms with Crippen LogP contribution in [0.15, 0.2) is 91.0 Å². The van der Waals surface area contributed by atoms with Crippen LogP contribution in [0.25, 0.3) is 0 Å². The maximum atomic E-state index is 9.66. The second-order valence-corrected chi connectivity index (χ2v) is 13.7. The largest absolute Gasteiger partial charge is 0.193 e. The first-order chi connectivity index (χ1) is 15.3. The molecule has 2 atom stereocenters. The topological polar surface area (TPSA) is 47.6 Å². The van der Waals surface area contributed by atoms with Gasteiger partial charge < -0.3 is 0 Å². The average Bonchev–Trinajstić information content (AvgIpc) is 2.85. The lowest BCUT2D eigenvalue weighted by Crippen LogP contribution is -2.10. The van der Waals surface area contributed by atoms with Crippen LogP contribution in [-0.4, -0.2) is 24.6 Å². The molecule has 0 radical (unpaired) electrons. The smallest absolute Gasteiger partial charge is 0.0920 e. The Morgan fingerprint density at radius 3 is 1.19 bits per heavy atom. The monoisotopic (exact) mass is 460 g/mol. The fourth-order valence-corrected chi connectivity index (χ4v) is 9.41. The second kappa shape index (κ2) is 13.4. The molecule has 0 aliphatic carbocycles. The van der Waals surface area contributed by atoms with Crippen molar-refractivity contribution in [2.75, 3.05) is 24.6 Å². The van der Waals surface area contributed by atoms with Gasteiger partial charge in [0.2, 0.25) is 0 Å². The highest BCUT2D eigenvalue weighted by atomic mass is 31.1.